The predicted molar refractivity (Wildman–Crippen MR) is 84.1 cm³/mol. The van der Waals surface area contributed by atoms with E-state index >= 15 is 0 Å². The summed E-state index contributed by atoms with van der Waals surface area (Å²) in [7, 11) is 0. The Morgan fingerprint density at radius 2 is 1.90 bits per heavy atom. The summed E-state index contributed by atoms with van der Waals surface area (Å²) < 4.78 is 19.4. The summed E-state index contributed by atoms with van der Waals surface area (Å²) in [6, 6.07) is 15.0. The molecule has 0 saturated carbocycles. The van der Waals surface area contributed by atoms with Gasteiger partial charge in [-0.15, -0.1) is 0 Å². The highest BCUT2D eigenvalue weighted by molar-refractivity contribution is 5.30. The third-order valence-electron chi connectivity index (χ3n) is 3.34. The van der Waals surface area contributed by atoms with E-state index in [2.05, 4.69) is 24.4 Å². The van der Waals surface area contributed by atoms with E-state index in [-0.39, 0.29) is 11.9 Å². The first-order valence-electron chi connectivity index (χ1n) is 7.39. The Hall–Kier alpha value is -1.87. The molecule has 0 aliphatic heterocycles. The molecule has 0 aliphatic carbocycles. The Kier molecular flexibility index (Phi) is 5.76. The summed E-state index contributed by atoms with van der Waals surface area (Å²) >= 11 is 0. The molecule has 0 aliphatic rings. The van der Waals surface area contributed by atoms with E-state index in [9.17, 15) is 4.39 Å². The molecule has 0 aromatic heterocycles. The number of aryl methyl sites for hydroxylation is 1. The monoisotopic (exact) mass is 287 g/mol. The van der Waals surface area contributed by atoms with Crippen LogP contribution in [0.4, 0.5) is 4.39 Å². The molecule has 1 N–H and O–H groups in total. The van der Waals surface area contributed by atoms with Gasteiger partial charge in [-0.1, -0.05) is 37.3 Å². The quantitative estimate of drug-likeness (QED) is 0.769. The number of halogens is 1. The first-order valence-corrected chi connectivity index (χ1v) is 7.39. The minimum atomic E-state index is -0.206. The summed E-state index contributed by atoms with van der Waals surface area (Å²) in [5.41, 5.74) is 1.71. The van der Waals surface area contributed by atoms with Crippen LogP contribution in [0.15, 0.2) is 48.5 Å². The molecule has 0 amide bonds. The molecule has 0 spiro atoms. The lowest BCUT2D eigenvalue weighted by Crippen LogP contribution is -2.25. The molecule has 2 nitrogen and oxygen atoms in total. The first-order chi connectivity index (χ1) is 10.2. The minimum Gasteiger partial charge on any atom is -0.484 e. The normalized spacial score (nSPS) is 12.1. The Bertz CT molecular complexity index is 556. The van der Waals surface area contributed by atoms with Crippen molar-refractivity contribution >= 4 is 0 Å². The molecule has 0 bridgehead atoms. The van der Waals surface area contributed by atoms with Gasteiger partial charge in [-0.2, -0.15) is 0 Å². The van der Waals surface area contributed by atoms with E-state index in [1.807, 2.05) is 18.2 Å². The number of nitrogens with one attached hydrogen (secondary N) is 1. The van der Waals surface area contributed by atoms with E-state index < -0.39 is 0 Å². The SMILES string of the molecule is CCCNCC(Oc1ccc(F)c(C)c1)c1ccccc1. The Morgan fingerprint density at radius 1 is 1.14 bits per heavy atom. The summed E-state index contributed by atoms with van der Waals surface area (Å²) in [5, 5.41) is 3.38. The number of rotatable bonds is 7. The van der Waals surface area contributed by atoms with E-state index in [1.54, 1.807) is 19.1 Å². The van der Waals surface area contributed by atoms with Gasteiger partial charge >= 0.3 is 0 Å². The molecule has 0 radical (unpaired) electrons. The van der Waals surface area contributed by atoms with Crippen molar-refractivity contribution in [2.75, 3.05) is 13.1 Å². The van der Waals surface area contributed by atoms with E-state index in [0.717, 1.165) is 25.1 Å². The maximum Gasteiger partial charge on any atom is 0.136 e. The molecule has 112 valence electrons. The van der Waals surface area contributed by atoms with Gasteiger partial charge in [-0.05, 0) is 49.2 Å². The predicted octanol–water partition coefficient (Wildman–Crippen LogP) is 4.25. The molecule has 1 unspecified atom stereocenters. The summed E-state index contributed by atoms with van der Waals surface area (Å²) in [4.78, 5) is 0. The molecule has 3 heteroatoms. The van der Waals surface area contributed by atoms with Gasteiger partial charge < -0.3 is 10.1 Å². The second-order valence-electron chi connectivity index (χ2n) is 5.13. The molecule has 21 heavy (non-hydrogen) atoms. The average molecular weight is 287 g/mol. The Labute approximate surface area is 126 Å². The van der Waals surface area contributed by atoms with Gasteiger partial charge in [0.1, 0.15) is 17.7 Å². The number of benzene rings is 2. The molecule has 1 atom stereocenters. The van der Waals surface area contributed by atoms with E-state index in [0.29, 0.717) is 11.3 Å². The van der Waals surface area contributed by atoms with Crippen molar-refractivity contribution in [3.8, 4) is 5.75 Å². The lowest BCUT2D eigenvalue weighted by Gasteiger charge is -2.20. The van der Waals surface area contributed by atoms with Crippen LogP contribution in [-0.4, -0.2) is 13.1 Å². The summed E-state index contributed by atoms with van der Waals surface area (Å²) in [6.07, 6.45) is 1.000. The summed E-state index contributed by atoms with van der Waals surface area (Å²) in [6.45, 7) is 5.56. The van der Waals surface area contributed by atoms with E-state index in [1.165, 1.54) is 6.07 Å². The van der Waals surface area contributed by atoms with Crippen LogP contribution in [0.2, 0.25) is 0 Å². The maximum absolute atomic E-state index is 13.3. The fourth-order valence-corrected chi connectivity index (χ4v) is 2.16. The second-order valence-corrected chi connectivity index (χ2v) is 5.13. The fraction of sp³-hybridized carbons (Fsp3) is 0.333. The van der Waals surface area contributed by atoms with Gasteiger partial charge in [0.25, 0.3) is 0 Å². The van der Waals surface area contributed by atoms with Crippen LogP contribution in [0.1, 0.15) is 30.6 Å². The highest BCUT2D eigenvalue weighted by Crippen LogP contribution is 2.23. The number of hydrogen-bond donors (Lipinski definition) is 1. The Morgan fingerprint density at radius 3 is 2.57 bits per heavy atom. The van der Waals surface area contributed by atoms with Gasteiger partial charge in [0.05, 0.1) is 0 Å². The maximum atomic E-state index is 13.3. The highest BCUT2D eigenvalue weighted by atomic mass is 19.1. The van der Waals surface area contributed by atoms with Crippen molar-refractivity contribution in [3.05, 3.63) is 65.5 Å². The van der Waals surface area contributed by atoms with Gasteiger partial charge in [-0.3, -0.25) is 0 Å². The first kappa shape index (κ1) is 15.5. The van der Waals surface area contributed by atoms with Crippen LogP contribution in [0.3, 0.4) is 0 Å². The molecule has 0 heterocycles. The topological polar surface area (TPSA) is 21.3 Å². The second kappa shape index (κ2) is 7.79. The van der Waals surface area contributed by atoms with E-state index in [4.69, 9.17) is 4.74 Å². The minimum absolute atomic E-state index is 0.0809. The molecular formula is C18H22FNO. The smallest absolute Gasteiger partial charge is 0.136 e. The van der Waals surface area contributed by atoms with Crippen molar-refractivity contribution < 1.29 is 9.13 Å². The van der Waals surface area contributed by atoms with Crippen molar-refractivity contribution in [2.24, 2.45) is 0 Å². The number of hydrogen-bond acceptors (Lipinski definition) is 2. The molecule has 2 aromatic rings. The van der Waals surface area contributed by atoms with Crippen molar-refractivity contribution in [3.63, 3.8) is 0 Å². The molecular weight excluding hydrogens is 265 g/mol. The van der Waals surface area contributed by atoms with Gasteiger partial charge in [0.15, 0.2) is 0 Å². The molecule has 0 saturated heterocycles. The Balaban J connectivity index is 2.13. The molecule has 2 rings (SSSR count). The lowest BCUT2D eigenvalue weighted by atomic mass is 10.1. The zero-order valence-electron chi connectivity index (χ0n) is 12.6. The van der Waals surface area contributed by atoms with Crippen LogP contribution in [0.5, 0.6) is 5.75 Å². The van der Waals surface area contributed by atoms with Crippen LogP contribution < -0.4 is 10.1 Å². The average Bonchev–Trinajstić information content (AvgIpc) is 2.51. The van der Waals surface area contributed by atoms with Crippen LogP contribution in [-0.2, 0) is 0 Å². The molecule has 2 aromatic carbocycles. The van der Waals surface area contributed by atoms with Crippen molar-refractivity contribution in [2.45, 2.75) is 26.4 Å². The molecule has 0 fully saturated rings. The number of ether oxygens (including phenoxy) is 1. The fourth-order valence-electron chi connectivity index (χ4n) is 2.16. The highest BCUT2D eigenvalue weighted by Gasteiger charge is 2.13. The zero-order chi connectivity index (χ0) is 15.1. The lowest BCUT2D eigenvalue weighted by molar-refractivity contribution is 0.201. The van der Waals surface area contributed by atoms with Crippen LogP contribution >= 0.6 is 0 Å². The van der Waals surface area contributed by atoms with Crippen LogP contribution in [0, 0.1) is 12.7 Å². The largest absolute Gasteiger partial charge is 0.484 e. The van der Waals surface area contributed by atoms with Gasteiger partial charge in [-0.25, -0.2) is 4.39 Å². The van der Waals surface area contributed by atoms with Crippen molar-refractivity contribution in [1.29, 1.82) is 0 Å². The van der Waals surface area contributed by atoms with Crippen LogP contribution in [0.25, 0.3) is 0 Å². The third-order valence-corrected chi connectivity index (χ3v) is 3.34. The third kappa shape index (κ3) is 4.57. The van der Waals surface area contributed by atoms with Gasteiger partial charge in [0.2, 0.25) is 0 Å². The zero-order valence-corrected chi connectivity index (χ0v) is 12.6. The van der Waals surface area contributed by atoms with Crippen molar-refractivity contribution in [1.82, 2.24) is 5.32 Å². The standard InChI is InChI=1S/C18H22FNO/c1-3-11-20-13-18(15-7-5-4-6-8-15)21-16-9-10-17(19)14(2)12-16/h4-10,12,18,20H,3,11,13H2,1-2H3. The van der Waals surface area contributed by atoms with Gasteiger partial charge in [0, 0.05) is 6.54 Å². The summed E-state index contributed by atoms with van der Waals surface area (Å²) in [5.74, 6) is 0.490.